The van der Waals surface area contributed by atoms with Gasteiger partial charge in [-0.25, -0.2) is 14.0 Å². The van der Waals surface area contributed by atoms with E-state index in [0.717, 1.165) is 0 Å². The van der Waals surface area contributed by atoms with E-state index < -0.39 is 23.9 Å². The lowest BCUT2D eigenvalue weighted by molar-refractivity contribution is -0.140. The van der Waals surface area contributed by atoms with Crippen LogP contribution in [0.4, 0.5) is 14.9 Å². The Labute approximate surface area is 110 Å². The number of urea groups is 1. The highest BCUT2D eigenvalue weighted by Gasteiger charge is 2.23. The molecule has 0 spiro atoms. The Hall–Kier alpha value is -2.11. The number of halogens is 1. The lowest BCUT2D eigenvalue weighted by Crippen LogP contribution is -2.46. The summed E-state index contributed by atoms with van der Waals surface area (Å²) >= 11 is 0. The van der Waals surface area contributed by atoms with Crippen LogP contribution in [-0.4, -0.2) is 23.1 Å². The van der Waals surface area contributed by atoms with Crippen molar-refractivity contribution in [1.29, 1.82) is 0 Å². The van der Waals surface area contributed by atoms with Gasteiger partial charge in [-0.15, -0.1) is 0 Å². The summed E-state index contributed by atoms with van der Waals surface area (Å²) < 4.78 is 13.3. The molecule has 0 saturated carbocycles. The minimum Gasteiger partial charge on any atom is -0.480 e. The van der Waals surface area contributed by atoms with Gasteiger partial charge < -0.3 is 15.7 Å². The Balaban J connectivity index is 2.75. The van der Waals surface area contributed by atoms with E-state index in [-0.39, 0.29) is 5.92 Å². The predicted octanol–water partition coefficient (Wildman–Crippen LogP) is 2.36. The number of hydrogen-bond acceptors (Lipinski definition) is 2. The van der Waals surface area contributed by atoms with Crippen LogP contribution in [0.1, 0.15) is 19.4 Å². The molecular formula is C13H17FN2O3. The van der Waals surface area contributed by atoms with E-state index >= 15 is 0 Å². The molecule has 19 heavy (non-hydrogen) atoms. The number of anilines is 1. The highest BCUT2D eigenvalue weighted by atomic mass is 19.1. The minimum absolute atomic E-state index is 0.253. The fourth-order valence-electron chi connectivity index (χ4n) is 1.56. The van der Waals surface area contributed by atoms with E-state index in [1.807, 2.05) is 0 Å². The molecule has 0 radical (unpaired) electrons. The molecule has 6 heteroatoms. The van der Waals surface area contributed by atoms with Crippen LogP contribution in [0.2, 0.25) is 0 Å². The number of carboxylic acids is 1. The van der Waals surface area contributed by atoms with Crippen molar-refractivity contribution >= 4 is 17.7 Å². The number of carbonyl (C=O) groups is 2. The molecule has 0 fully saturated rings. The smallest absolute Gasteiger partial charge is 0.326 e. The fraction of sp³-hybridized carbons (Fsp3) is 0.385. The molecule has 1 atom stereocenters. The Kier molecular flexibility index (Phi) is 4.86. The number of hydrogen-bond donors (Lipinski definition) is 3. The third-order valence-electron chi connectivity index (χ3n) is 2.74. The number of carbonyl (C=O) groups excluding carboxylic acids is 1. The summed E-state index contributed by atoms with van der Waals surface area (Å²) in [6.07, 6.45) is 0. The Morgan fingerprint density at radius 1 is 1.32 bits per heavy atom. The first-order valence-corrected chi connectivity index (χ1v) is 5.88. The quantitative estimate of drug-likeness (QED) is 0.784. The van der Waals surface area contributed by atoms with Crippen molar-refractivity contribution in [2.75, 3.05) is 5.32 Å². The third-order valence-corrected chi connectivity index (χ3v) is 2.74. The highest BCUT2D eigenvalue weighted by Crippen LogP contribution is 2.17. The van der Waals surface area contributed by atoms with Crippen molar-refractivity contribution in [3.63, 3.8) is 0 Å². The first-order valence-electron chi connectivity index (χ1n) is 5.88. The summed E-state index contributed by atoms with van der Waals surface area (Å²) in [6.45, 7) is 4.90. The van der Waals surface area contributed by atoms with Gasteiger partial charge >= 0.3 is 12.0 Å². The number of nitrogens with one attached hydrogen (secondary N) is 2. The molecule has 2 amide bonds. The van der Waals surface area contributed by atoms with Gasteiger partial charge in [-0.05, 0) is 25.0 Å². The van der Waals surface area contributed by atoms with Gasteiger partial charge in [0, 0.05) is 11.3 Å². The van der Waals surface area contributed by atoms with E-state index in [2.05, 4.69) is 10.6 Å². The van der Waals surface area contributed by atoms with Crippen molar-refractivity contribution < 1.29 is 19.1 Å². The molecule has 104 valence electrons. The number of amides is 2. The molecule has 0 aliphatic carbocycles. The Morgan fingerprint density at radius 3 is 2.47 bits per heavy atom. The molecule has 1 rings (SSSR count). The first kappa shape index (κ1) is 14.9. The number of benzene rings is 1. The second-order valence-electron chi connectivity index (χ2n) is 4.57. The largest absolute Gasteiger partial charge is 0.480 e. The molecule has 0 bridgehead atoms. The van der Waals surface area contributed by atoms with Crippen molar-refractivity contribution in [2.24, 2.45) is 5.92 Å². The van der Waals surface area contributed by atoms with E-state index in [9.17, 15) is 14.0 Å². The zero-order valence-electron chi connectivity index (χ0n) is 11.0. The lowest BCUT2D eigenvalue weighted by atomic mass is 10.1. The summed E-state index contributed by atoms with van der Waals surface area (Å²) in [7, 11) is 0. The summed E-state index contributed by atoms with van der Waals surface area (Å²) in [5, 5.41) is 13.7. The summed E-state index contributed by atoms with van der Waals surface area (Å²) in [5.74, 6) is -1.80. The van der Waals surface area contributed by atoms with Crippen molar-refractivity contribution in [3.05, 3.63) is 29.6 Å². The molecule has 0 heterocycles. The summed E-state index contributed by atoms with van der Waals surface area (Å²) in [6, 6.07) is 2.63. The van der Waals surface area contributed by atoms with Crippen LogP contribution in [0, 0.1) is 18.7 Å². The van der Waals surface area contributed by atoms with Crippen LogP contribution in [0.25, 0.3) is 0 Å². The number of rotatable bonds is 4. The SMILES string of the molecule is Cc1c(F)cccc1NC(=O)N[C@@H](C(=O)O)C(C)C. The van der Waals surface area contributed by atoms with E-state index in [1.54, 1.807) is 19.9 Å². The van der Waals surface area contributed by atoms with Gasteiger partial charge in [-0.3, -0.25) is 0 Å². The first-order chi connectivity index (χ1) is 8.82. The van der Waals surface area contributed by atoms with Crippen LogP contribution < -0.4 is 10.6 Å². The van der Waals surface area contributed by atoms with E-state index in [0.29, 0.717) is 11.3 Å². The van der Waals surface area contributed by atoms with Crippen molar-refractivity contribution in [2.45, 2.75) is 26.8 Å². The zero-order valence-corrected chi connectivity index (χ0v) is 11.0. The fourth-order valence-corrected chi connectivity index (χ4v) is 1.56. The molecule has 0 saturated heterocycles. The molecule has 0 aromatic heterocycles. The minimum atomic E-state index is -1.11. The Morgan fingerprint density at radius 2 is 1.95 bits per heavy atom. The molecule has 0 aliphatic rings. The monoisotopic (exact) mass is 268 g/mol. The molecule has 3 N–H and O–H groups in total. The van der Waals surface area contributed by atoms with Gasteiger partial charge in [0.05, 0.1) is 0 Å². The molecule has 0 unspecified atom stereocenters. The summed E-state index contributed by atoms with van der Waals surface area (Å²) in [4.78, 5) is 22.6. The lowest BCUT2D eigenvalue weighted by Gasteiger charge is -2.18. The maximum Gasteiger partial charge on any atom is 0.326 e. The molecule has 0 aliphatic heterocycles. The van der Waals surface area contributed by atoms with Gasteiger partial charge in [0.15, 0.2) is 0 Å². The van der Waals surface area contributed by atoms with Crippen LogP contribution in [0.15, 0.2) is 18.2 Å². The van der Waals surface area contributed by atoms with Gasteiger partial charge in [0.1, 0.15) is 11.9 Å². The second-order valence-corrected chi connectivity index (χ2v) is 4.57. The van der Waals surface area contributed by atoms with Gasteiger partial charge in [0.25, 0.3) is 0 Å². The van der Waals surface area contributed by atoms with Crippen molar-refractivity contribution in [3.8, 4) is 0 Å². The predicted molar refractivity (Wildman–Crippen MR) is 69.6 cm³/mol. The van der Waals surface area contributed by atoms with Crippen LogP contribution in [0.5, 0.6) is 0 Å². The van der Waals surface area contributed by atoms with Crippen LogP contribution >= 0.6 is 0 Å². The highest BCUT2D eigenvalue weighted by molar-refractivity contribution is 5.92. The second kappa shape index (κ2) is 6.17. The average molecular weight is 268 g/mol. The third kappa shape index (κ3) is 3.94. The molecule has 1 aromatic rings. The van der Waals surface area contributed by atoms with Crippen LogP contribution in [-0.2, 0) is 4.79 Å². The van der Waals surface area contributed by atoms with E-state index in [1.165, 1.54) is 19.1 Å². The molecular weight excluding hydrogens is 251 g/mol. The standard InChI is InChI=1S/C13H17FN2O3/c1-7(2)11(12(17)18)16-13(19)15-10-6-4-5-9(14)8(10)3/h4-7,11H,1-3H3,(H,17,18)(H2,15,16,19)/t11-/m1/s1. The topological polar surface area (TPSA) is 78.4 Å². The zero-order chi connectivity index (χ0) is 14.6. The summed E-state index contributed by atoms with van der Waals surface area (Å²) in [5.41, 5.74) is 0.611. The van der Waals surface area contributed by atoms with E-state index in [4.69, 9.17) is 5.11 Å². The van der Waals surface area contributed by atoms with Gasteiger partial charge in [0.2, 0.25) is 0 Å². The number of aliphatic carboxylic acids is 1. The average Bonchev–Trinajstić information content (AvgIpc) is 2.31. The van der Waals surface area contributed by atoms with Crippen LogP contribution in [0.3, 0.4) is 0 Å². The molecule has 1 aromatic carbocycles. The maximum atomic E-state index is 13.3. The Bertz CT molecular complexity index is 489. The molecule has 5 nitrogen and oxygen atoms in total. The van der Waals surface area contributed by atoms with Gasteiger partial charge in [-0.2, -0.15) is 0 Å². The maximum absolute atomic E-state index is 13.3. The van der Waals surface area contributed by atoms with Gasteiger partial charge in [-0.1, -0.05) is 19.9 Å². The normalized spacial score (nSPS) is 12.1. The van der Waals surface area contributed by atoms with Crippen molar-refractivity contribution in [1.82, 2.24) is 5.32 Å². The number of carboxylic acid groups (broad SMARTS) is 1.